The molecule has 0 saturated carbocycles. The molecule has 0 saturated heterocycles. The van der Waals surface area contributed by atoms with Crippen LogP contribution in [0.25, 0.3) is 0 Å². The van der Waals surface area contributed by atoms with Crippen LogP contribution in [0.4, 0.5) is 0 Å². The third-order valence-electron chi connectivity index (χ3n) is 0.923. The van der Waals surface area contributed by atoms with Gasteiger partial charge in [-0.3, -0.25) is 0 Å². The summed E-state index contributed by atoms with van der Waals surface area (Å²) in [6, 6.07) is 2.31. The molecule has 1 aromatic rings. The summed E-state index contributed by atoms with van der Waals surface area (Å²) in [7, 11) is 0. The molecule has 0 bridgehead atoms. The molecule has 9 heavy (non-hydrogen) atoms. The second-order valence-corrected chi connectivity index (χ2v) is 1.56. The van der Waals surface area contributed by atoms with Crippen molar-refractivity contribution in [2.75, 3.05) is 0 Å². The standard InChI is InChI=1S/C6H7N3/c7-2-1-4-9-5-3-8-6-9/h3,5-6H,4,7H2. The summed E-state index contributed by atoms with van der Waals surface area (Å²) in [6.45, 7) is 0.622. The van der Waals surface area contributed by atoms with E-state index in [2.05, 4.69) is 16.9 Å². The minimum Gasteiger partial charge on any atom is -0.359 e. The molecule has 46 valence electrons. The van der Waals surface area contributed by atoms with Crippen LogP contribution in [-0.4, -0.2) is 9.55 Å². The maximum atomic E-state index is 4.95. The van der Waals surface area contributed by atoms with E-state index in [0.29, 0.717) is 6.54 Å². The minimum absolute atomic E-state index is 0.622. The Kier molecular flexibility index (Phi) is 1.76. The van der Waals surface area contributed by atoms with Gasteiger partial charge in [-0.1, -0.05) is 5.92 Å². The Morgan fingerprint density at radius 2 is 2.56 bits per heavy atom. The molecular weight excluding hydrogens is 114 g/mol. The zero-order valence-electron chi connectivity index (χ0n) is 4.91. The van der Waals surface area contributed by atoms with Crippen molar-refractivity contribution in [1.29, 1.82) is 0 Å². The number of hydrogen-bond acceptors (Lipinski definition) is 2. The van der Waals surface area contributed by atoms with E-state index < -0.39 is 0 Å². The van der Waals surface area contributed by atoms with E-state index in [9.17, 15) is 0 Å². The Labute approximate surface area is 53.5 Å². The molecule has 0 aliphatic heterocycles. The first-order valence-corrected chi connectivity index (χ1v) is 2.57. The van der Waals surface area contributed by atoms with Gasteiger partial charge in [0.25, 0.3) is 0 Å². The SMILES string of the molecule is NC#CCn1ccnc1. The highest BCUT2D eigenvalue weighted by atomic mass is 15.0. The van der Waals surface area contributed by atoms with Crippen molar-refractivity contribution in [2.24, 2.45) is 5.73 Å². The Morgan fingerprint density at radius 3 is 3.11 bits per heavy atom. The van der Waals surface area contributed by atoms with Crippen molar-refractivity contribution in [1.82, 2.24) is 9.55 Å². The van der Waals surface area contributed by atoms with Gasteiger partial charge in [0.15, 0.2) is 0 Å². The lowest BCUT2D eigenvalue weighted by Gasteiger charge is -1.88. The second kappa shape index (κ2) is 2.78. The van der Waals surface area contributed by atoms with E-state index in [0.717, 1.165) is 0 Å². The van der Waals surface area contributed by atoms with Crippen molar-refractivity contribution >= 4 is 0 Å². The number of imidazole rings is 1. The van der Waals surface area contributed by atoms with Gasteiger partial charge in [0, 0.05) is 18.4 Å². The number of rotatable bonds is 1. The maximum Gasteiger partial charge on any atom is 0.0954 e. The second-order valence-electron chi connectivity index (χ2n) is 1.56. The molecule has 0 spiro atoms. The number of nitrogens with two attached hydrogens (primary N) is 1. The van der Waals surface area contributed by atoms with Crippen molar-refractivity contribution in [3.8, 4) is 12.0 Å². The van der Waals surface area contributed by atoms with Crippen molar-refractivity contribution in [3.05, 3.63) is 18.7 Å². The Morgan fingerprint density at radius 1 is 1.67 bits per heavy atom. The lowest BCUT2D eigenvalue weighted by atomic mass is 10.6. The molecular formula is C6H7N3. The maximum absolute atomic E-state index is 4.95. The molecule has 0 aliphatic carbocycles. The number of hydrogen-bond donors (Lipinski definition) is 1. The van der Waals surface area contributed by atoms with Crippen LogP contribution in [0.2, 0.25) is 0 Å². The molecule has 0 atom stereocenters. The summed E-state index contributed by atoms with van der Waals surface area (Å²) in [5.74, 6) is 2.70. The van der Waals surface area contributed by atoms with Crippen LogP contribution in [0.5, 0.6) is 0 Å². The average Bonchev–Trinajstić information content (AvgIpc) is 2.34. The van der Waals surface area contributed by atoms with E-state index in [4.69, 9.17) is 5.73 Å². The van der Waals surface area contributed by atoms with Crippen LogP contribution in [0.1, 0.15) is 0 Å². The van der Waals surface area contributed by atoms with Crippen LogP contribution in [0, 0.1) is 12.0 Å². The zero-order chi connectivity index (χ0) is 6.53. The fraction of sp³-hybridized carbons (Fsp3) is 0.167. The van der Waals surface area contributed by atoms with Gasteiger partial charge >= 0.3 is 0 Å². The smallest absolute Gasteiger partial charge is 0.0954 e. The Hall–Kier alpha value is -1.43. The number of nitrogens with zero attached hydrogens (tertiary/aromatic N) is 2. The van der Waals surface area contributed by atoms with Crippen LogP contribution in [-0.2, 0) is 6.54 Å². The molecule has 0 aliphatic rings. The van der Waals surface area contributed by atoms with Gasteiger partial charge in [0.1, 0.15) is 0 Å². The van der Waals surface area contributed by atoms with Crippen molar-refractivity contribution in [2.45, 2.75) is 6.54 Å². The normalized spacial score (nSPS) is 8.00. The van der Waals surface area contributed by atoms with E-state index >= 15 is 0 Å². The average molecular weight is 121 g/mol. The highest BCUT2D eigenvalue weighted by Gasteiger charge is 1.80. The lowest BCUT2D eigenvalue weighted by molar-refractivity contribution is 0.839. The van der Waals surface area contributed by atoms with Crippen LogP contribution in [0.3, 0.4) is 0 Å². The Bertz CT molecular complexity index is 214. The molecule has 0 aromatic carbocycles. The summed E-state index contributed by atoms with van der Waals surface area (Å²) in [4.78, 5) is 3.83. The van der Waals surface area contributed by atoms with Crippen LogP contribution in [0.15, 0.2) is 18.7 Å². The summed E-state index contributed by atoms with van der Waals surface area (Å²) >= 11 is 0. The van der Waals surface area contributed by atoms with Gasteiger partial charge in [-0.15, -0.1) is 0 Å². The monoisotopic (exact) mass is 121 g/mol. The molecule has 1 aromatic heterocycles. The molecule has 1 rings (SSSR count). The zero-order valence-corrected chi connectivity index (χ0v) is 4.91. The summed E-state index contributed by atoms with van der Waals surface area (Å²) in [6.07, 6.45) is 5.24. The van der Waals surface area contributed by atoms with Gasteiger partial charge in [0.2, 0.25) is 0 Å². The quantitative estimate of drug-likeness (QED) is 0.413. The van der Waals surface area contributed by atoms with Gasteiger partial charge < -0.3 is 10.3 Å². The summed E-state index contributed by atoms with van der Waals surface area (Å²) in [5, 5.41) is 0. The molecule has 2 N–H and O–H groups in total. The first-order chi connectivity index (χ1) is 4.43. The van der Waals surface area contributed by atoms with Gasteiger partial charge in [-0.05, 0) is 0 Å². The van der Waals surface area contributed by atoms with Gasteiger partial charge in [-0.25, -0.2) is 4.98 Å². The lowest BCUT2D eigenvalue weighted by Crippen LogP contribution is -1.91. The molecule has 0 unspecified atom stereocenters. The fourth-order valence-electron chi connectivity index (χ4n) is 0.517. The van der Waals surface area contributed by atoms with E-state index in [-0.39, 0.29) is 0 Å². The van der Waals surface area contributed by atoms with Gasteiger partial charge in [0.05, 0.1) is 12.9 Å². The predicted octanol–water partition coefficient (Wildman–Crippen LogP) is -0.197. The highest BCUT2D eigenvalue weighted by molar-refractivity contribution is 4.95. The third-order valence-corrected chi connectivity index (χ3v) is 0.923. The number of aromatic nitrogens is 2. The highest BCUT2D eigenvalue weighted by Crippen LogP contribution is 1.81. The van der Waals surface area contributed by atoms with E-state index in [1.165, 1.54) is 0 Å². The minimum atomic E-state index is 0.622. The van der Waals surface area contributed by atoms with Crippen molar-refractivity contribution in [3.63, 3.8) is 0 Å². The topological polar surface area (TPSA) is 43.8 Å². The molecule has 3 nitrogen and oxygen atoms in total. The third kappa shape index (κ3) is 1.50. The molecule has 0 radical (unpaired) electrons. The first kappa shape index (κ1) is 5.70. The van der Waals surface area contributed by atoms with Crippen LogP contribution < -0.4 is 5.73 Å². The van der Waals surface area contributed by atoms with E-state index in [1.54, 1.807) is 12.5 Å². The summed E-state index contributed by atoms with van der Waals surface area (Å²) < 4.78 is 1.85. The predicted molar refractivity (Wildman–Crippen MR) is 34.2 cm³/mol. The van der Waals surface area contributed by atoms with Crippen molar-refractivity contribution < 1.29 is 0 Å². The van der Waals surface area contributed by atoms with E-state index in [1.807, 2.05) is 10.8 Å². The Balaban J connectivity index is 2.54. The van der Waals surface area contributed by atoms with Crippen LogP contribution >= 0.6 is 0 Å². The molecule has 0 amide bonds. The first-order valence-electron chi connectivity index (χ1n) is 2.57. The van der Waals surface area contributed by atoms with Gasteiger partial charge in [-0.2, -0.15) is 0 Å². The molecule has 3 heteroatoms. The largest absolute Gasteiger partial charge is 0.359 e. The molecule has 1 heterocycles. The molecule has 0 fully saturated rings. The summed E-state index contributed by atoms with van der Waals surface area (Å²) in [5.41, 5.74) is 4.95. The fourth-order valence-corrected chi connectivity index (χ4v) is 0.517.